The molecule has 2 aliphatic heterocycles. The topological polar surface area (TPSA) is 80.1 Å². The van der Waals surface area contributed by atoms with Crippen molar-refractivity contribution in [3.8, 4) is 5.75 Å². The van der Waals surface area contributed by atoms with Gasteiger partial charge in [0.25, 0.3) is 5.91 Å². The van der Waals surface area contributed by atoms with Crippen molar-refractivity contribution in [2.24, 2.45) is 0 Å². The number of fused-ring (bicyclic) bond motifs is 1. The van der Waals surface area contributed by atoms with Crippen molar-refractivity contribution in [2.75, 3.05) is 31.6 Å². The number of rotatable bonds is 4. The lowest BCUT2D eigenvalue weighted by Gasteiger charge is -2.31. The van der Waals surface area contributed by atoms with Crippen LogP contribution in [-0.4, -0.2) is 45.4 Å². The summed E-state index contributed by atoms with van der Waals surface area (Å²) in [5, 5.41) is 0. The maximum Gasteiger partial charge on any atom is 0.294 e. The highest BCUT2D eigenvalue weighted by molar-refractivity contribution is 7.89. The second kappa shape index (κ2) is 7.50. The number of aryl methyl sites for hydroxylation is 2. The number of nitrogens with zero attached hydrogens (tertiary/aromatic N) is 2. The summed E-state index contributed by atoms with van der Waals surface area (Å²) >= 11 is 0. The molecule has 3 heterocycles. The normalized spacial score (nSPS) is 17.4. The van der Waals surface area contributed by atoms with E-state index in [0.29, 0.717) is 25.4 Å². The molecule has 2 aliphatic rings. The van der Waals surface area contributed by atoms with Crippen molar-refractivity contribution >= 4 is 21.6 Å². The predicted octanol–water partition coefficient (Wildman–Crippen LogP) is 3.28. The molecule has 29 heavy (non-hydrogen) atoms. The van der Waals surface area contributed by atoms with Crippen LogP contribution in [0.25, 0.3) is 0 Å². The number of sulfonamides is 1. The molecule has 0 bridgehead atoms. The molecule has 0 atom stereocenters. The number of amides is 1. The Morgan fingerprint density at radius 2 is 1.83 bits per heavy atom. The molecular weight excluding hydrogens is 392 g/mol. The molecule has 0 N–H and O–H groups in total. The minimum absolute atomic E-state index is 0.0386. The lowest BCUT2D eigenvalue weighted by atomic mass is 9.96. The van der Waals surface area contributed by atoms with Crippen molar-refractivity contribution in [1.82, 2.24) is 4.31 Å². The summed E-state index contributed by atoms with van der Waals surface area (Å²) in [6.07, 6.45) is 3.40. The molecule has 4 rings (SSSR count). The Morgan fingerprint density at radius 1 is 1.10 bits per heavy atom. The minimum atomic E-state index is -3.65. The summed E-state index contributed by atoms with van der Waals surface area (Å²) in [5.74, 6) is 0.568. The number of hydrogen-bond donors (Lipinski definition) is 0. The van der Waals surface area contributed by atoms with Crippen LogP contribution in [-0.2, 0) is 16.4 Å². The molecule has 0 unspecified atom stereocenters. The Morgan fingerprint density at radius 3 is 2.52 bits per heavy atom. The molecule has 0 saturated carbocycles. The molecule has 1 fully saturated rings. The van der Waals surface area contributed by atoms with Gasteiger partial charge in [0.2, 0.25) is 10.0 Å². The molecule has 2 aromatic rings. The minimum Gasteiger partial charge on any atom is -0.495 e. The fourth-order valence-corrected chi connectivity index (χ4v) is 5.93. The summed E-state index contributed by atoms with van der Waals surface area (Å²) < 4.78 is 38.5. The second-order valence-electron chi connectivity index (χ2n) is 7.61. The zero-order chi connectivity index (χ0) is 20.8. The summed E-state index contributed by atoms with van der Waals surface area (Å²) in [6.45, 7) is 5.15. The highest BCUT2D eigenvalue weighted by Gasteiger charge is 2.34. The molecule has 8 heteroatoms. The first-order valence-electron chi connectivity index (χ1n) is 9.93. The molecule has 0 radical (unpaired) electrons. The molecule has 0 spiro atoms. The van der Waals surface area contributed by atoms with E-state index in [1.54, 1.807) is 18.9 Å². The largest absolute Gasteiger partial charge is 0.495 e. The molecule has 156 valence electrons. The van der Waals surface area contributed by atoms with Crippen LogP contribution in [0.5, 0.6) is 5.75 Å². The molecule has 1 saturated heterocycles. The van der Waals surface area contributed by atoms with Gasteiger partial charge in [0.05, 0.1) is 12.8 Å². The van der Waals surface area contributed by atoms with Crippen LogP contribution in [0.4, 0.5) is 5.69 Å². The first-order chi connectivity index (χ1) is 13.8. The first-order valence-corrected chi connectivity index (χ1v) is 11.4. The summed E-state index contributed by atoms with van der Waals surface area (Å²) in [7, 11) is -2.07. The van der Waals surface area contributed by atoms with Crippen LogP contribution in [0.2, 0.25) is 0 Å². The fraction of sp³-hybridized carbons (Fsp3) is 0.476. The van der Waals surface area contributed by atoms with Gasteiger partial charge in [-0.1, -0.05) is 6.07 Å². The predicted molar refractivity (Wildman–Crippen MR) is 109 cm³/mol. The van der Waals surface area contributed by atoms with E-state index in [9.17, 15) is 13.2 Å². The van der Waals surface area contributed by atoms with E-state index in [1.807, 2.05) is 19.1 Å². The lowest BCUT2D eigenvalue weighted by molar-refractivity contribution is 0.0956. The number of ether oxygens (including phenoxy) is 1. The Bertz CT molecular complexity index is 1050. The standard InChI is InChI=1S/C21H26N2O5S/c1-14-8-9-17(27-3)20-16(14)7-6-12-23(20)21(24)18-13-19(15(2)28-18)29(25,26)22-10-4-5-11-22/h8-9,13H,4-7,10-12H2,1-3H3. The van der Waals surface area contributed by atoms with Crippen molar-refractivity contribution in [3.05, 3.63) is 40.8 Å². The van der Waals surface area contributed by atoms with E-state index in [4.69, 9.17) is 9.15 Å². The molecular formula is C21H26N2O5S. The fourth-order valence-electron chi connectivity index (χ4n) is 4.25. The van der Waals surface area contributed by atoms with E-state index in [1.165, 1.54) is 10.4 Å². The average Bonchev–Trinajstić information content (AvgIpc) is 3.38. The van der Waals surface area contributed by atoms with E-state index in [0.717, 1.165) is 42.5 Å². The maximum atomic E-state index is 13.3. The van der Waals surface area contributed by atoms with Gasteiger partial charge in [-0.25, -0.2) is 8.42 Å². The number of carbonyl (C=O) groups is 1. The molecule has 1 amide bonds. The van der Waals surface area contributed by atoms with Gasteiger partial charge in [-0.3, -0.25) is 4.79 Å². The number of hydrogen-bond acceptors (Lipinski definition) is 5. The molecule has 7 nitrogen and oxygen atoms in total. The quantitative estimate of drug-likeness (QED) is 0.761. The Labute approximate surface area is 171 Å². The van der Waals surface area contributed by atoms with Crippen molar-refractivity contribution in [1.29, 1.82) is 0 Å². The first kappa shape index (κ1) is 20.0. The lowest BCUT2D eigenvalue weighted by Crippen LogP contribution is -2.36. The summed E-state index contributed by atoms with van der Waals surface area (Å²) in [4.78, 5) is 15.1. The van der Waals surface area contributed by atoms with Gasteiger partial charge in [-0.15, -0.1) is 0 Å². The van der Waals surface area contributed by atoms with Gasteiger partial charge < -0.3 is 14.1 Å². The SMILES string of the molecule is COc1ccc(C)c2c1N(C(=O)c1cc(S(=O)(=O)N3CCCC3)c(C)o1)CCC2. The monoisotopic (exact) mass is 418 g/mol. The van der Waals surface area contributed by atoms with Gasteiger partial charge in [0.1, 0.15) is 16.4 Å². The van der Waals surface area contributed by atoms with E-state index in [-0.39, 0.29) is 22.3 Å². The van der Waals surface area contributed by atoms with E-state index < -0.39 is 10.0 Å². The number of benzene rings is 1. The number of furan rings is 1. The van der Waals surface area contributed by atoms with Gasteiger partial charge >= 0.3 is 0 Å². The smallest absolute Gasteiger partial charge is 0.294 e. The van der Waals surface area contributed by atoms with Crippen LogP contribution in [0, 0.1) is 13.8 Å². The van der Waals surface area contributed by atoms with Crippen molar-refractivity contribution in [3.63, 3.8) is 0 Å². The van der Waals surface area contributed by atoms with Gasteiger partial charge in [-0.05, 0) is 56.7 Å². The van der Waals surface area contributed by atoms with E-state index in [2.05, 4.69) is 0 Å². The summed E-state index contributed by atoms with van der Waals surface area (Å²) in [6, 6.07) is 5.22. The second-order valence-corrected chi connectivity index (χ2v) is 9.52. The molecule has 1 aromatic carbocycles. The van der Waals surface area contributed by atoms with Crippen molar-refractivity contribution in [2.45, 2.75) is 44.4 Å². The van der Waals surface area contributed by atoms with Crippen LogP contribution in [0.3, 0.4) is 0 Å². The van der Waals surface area contributed by atoms with Crippen LogP contribution in [0.1, 0.15) is 46.7 Å². The van der Waals surface area contributed by atoms with E-state index >= 15 is 0 Å². The molecule has 1 aromatic heterocycles. The third-order valence-corrected chi connectivity index (χ3v) is 7.80. The number of methoxy groups -OCH3 is 1. The van der Waals surface area contributed by atoms with Gasteiger partial charge in [-0.2, -0.15) is 4.31 Å². The summed E-state index contributed by atoms with van der Waals surface area (Å²) in [5.41, 5.74) is 2.94. The van der Waals surface area contributed by atoms with Crippen LogP contribution < -0.4 is 9.64 Å². The van der Waals surface area contributed by atoms with Crippen LogP contribution in [0.15, 0.2) is 27.5 Å². The Kier molecular flexibility index (Phi) is 5.16. The molecule has 0 aliphatic carbocycles. The van der Waals surface area contributed by atoms with Crippen LogP contribution >= 0.6 is 0 Å². The highest BCUT2D eigenvalue weighted by atomic mass is 32.2. The van der Waals surface area contributed by atoms with Gasteiger partial charge in [0.15, 0.2) is 5.76 Å². The third-order valence-electron chi connectivity index (χ3n) is 5.79. The zero-order valence-electron chi connectivity index (χ0n) is 17.0. The average molecular weight is 419 g/mol. The van der Waals surface area contributed by atoms with Gasteiger partial charge in [0, 0.05) is 25.7 Å². The Balaban J connectivity index is 1.72. The third kappa shape index (κ3) is 3.34. The zero-order valence-corrected chi connectivity index (χ0v) is 17.8. The highest BCUT2D eigenvalue weighted by Crippen LogP contribution is 2.39. The Hall–Kier alpha value is -2.32. The maximum absolute atomic E-state index is 13.3. The van der Waals surface area contributed by atoms with Crippen molar-refractivity contribution < 1.29 is 22.4 Å². The number of anilines is 1. The number of carbonyl (C=O) groups excluding carboxylic acids is 1.